The average molecular weight is 487 g/mol. The molecule has 9 nitrogen and oxygen atoms in total. The van der Waals surface area contributed by atoms with Crippen molar-refractivity contribution in [2.75, 3.05) is 17.2 Å². The summed E-state index contributed by atoms with van der Waals surface area (Å²) in [6, 6.07) is 9.96. The maximum Gasteiger partial charge on any atom is 0.268 e. The molecule has 3 aromatic heterocycles. The molecule has 180 valence electrons. The maximum absolute atomic E-state index is 13.7. The van der Waals surface area contributed by atoms with Crippen molar-refractivity contribution >= 4 is 27.6 Å². The molecule has 0 atom stereocenters. The van der Waals surface area contributed by atoms with Crippen LogP contribution in [0.2, 0.25) is 0 Å². The van der Waals surface area contributed by atoms with Crippen molar-refractivity contribution in [1.29, 1.82) is 0 Å². The van der Waals surface area contributed by atoms with Crippen molar-refractivity contribution in [2.24, 2.45) is 0 Å². The zero-order chi connectivity index (χ0) is 25.1. The van der Waals surface area contributed by atoms with E-state index >= 15 is 0 Å². The molecular weight excluding hydrogens is 459 g/mol. The monoisotopic (exact) mass is 486 g/mol. The van der Waals surface area contributed by atoms with Crippen LogP contribution in [0, 0.1) is 5.95 Å². The number of halogens is 1. The minimum atomic E-state index is -4.29. The number of sulfonamides is 1. The number of aromatic nitrogens is 3. The average Bonchev–Trinajstić information content (AvgIpc) is 2.76. The standard InChI is InChI=1S/C23H27FN6O3S/c1-5-14-30(23(2,3)4)21-15(11-12-17(28-21)16-8-6-10-19(24)27-16)22(31)29-34(32,33)18-9-7-13-26-20(18)25/h6-13H,5,14H2,1-4H3,(H2,25,26)(H,29,31). The van der Waals surface area contributed by atoms with E-state index in [1.165, 1.54) is 42.6 Å². The molecule has 0 unspecified atom stereocenters. The van der Waals surface area contributed by atoms with Gasteiger partial charge >= 0.3 is 0 Å². The predicted octanol–water partition coefficient (Wildman–Crippen LogP) is 3.39. The number of carbonyl (C=O) groups excluding carboxylic acids is 1. The molecule has 0 spiro atoms. The van der Waals surface area contributed by atoms with Gasteiger partial charge in [-0.1, -0.05) is 13.0 Å². The van der Waals surface area contributed by atoms with Gasteiger partial charge in [0.05, 0.1) is 17.0 Å². The van der Waals surface area contributed by atoms with Crippen LogP contribution in [0.3, 0.4) is 0 Å². The quantitative estimate of drug-likeness (QED) is 0.486. The molecule has 3 heterocycles. The van der Waals surface area contributed by atoms with Gasteiger partial charge in [-0.3, -0.25) is 4.79 Å². The topological polar surface area (TPSA) is 131 Å². The fraction of sp³-hybridized carbons (Fsp3) is 0.304. The molecule has 0 aromatic carbocycles. The molecule has 0 saturated heterocycles. The third kappa shape index (κ3) is 5.48. The Morgan fingerprint density at radius 1 is 1.09 bits per heavy atom. The smallest absolute Gasteiger partial charge is 0.268 e. The molecule has 0 aliphatic rings. The lowest BCUT2D eigenvalue weighted by molar-refractivity contribution is 0.0981. The lowest BCUT2D eigenvalue weighted by Crippen LogP contribution is -2.44. The van der Waals surface area contributed by atoms with E-state index < -0.39 is 27.4 Å². The highest BCUT2D eigenvalue weighted by Crippen LogP contribution is 2.29. The molecule has 1 amide bonds. The first kappa shape index (κ1) is 25.0. The Hall–Kier alpha value is -3.60. The maximum atomic E-state index is 13.7. The summed E-state index contributed by atoms with van der Waals surface area (Å²) >= 11 is 0. The SMILES string of the molecule is CCCN(c1nc(-c2cccc(F)n2)ccc1C(=O)NS(=O)(=O)c1cccnc1N)C(C)(C)C. The van der Waals surface area contributed by atoms with E-state index in [1.54, 1.807) is 6.07 Å². The van der Waals surface area contributed by atoms with Gasteiger partial charge in [-0.25, -0.2) is 28.1 Å². The first-order chi connectivity index (χ1) is 15.9. The molecule has 0 aliphatic heterocycles. The Morgan fingerprint density at radius 3 is 2.41 bits per heavy atom. The van der Waals surface area contributed by atoms with Gasteiger partial charge in [-0.05, 0) is 63.6 Å². The molecule has 34 heavy (non-hydrogen) atoms. The van der Waals surface area contributed by atoms with E-state index in [-0.39, 0.29) is 27.8 Å². The van der Waals surface area contributed by atoms with E-state index in [0.717, 1.165) is 6.42 Å². The summed E-state index contributed by atoms with van der Waals surface area (Å²) < 4.78 is 41.4. The summed E-state index contributed by atoms with van der Waals surface area (Å²) in [6.45, 7) is 8.37. The highest BCUT2D eigenvalue weighted by molar-refractivity contribution is 7.90. The number of nitrogens with two attached hydrogens (primary N) is 1. The third-order valence-electron chi connectivity index (χ3n) is 4.93. The highest BCUT2D eigenvalue weighted by Gasteiger charge is 2.30. The van der Waals surface area contributed by atoms with Gasteiger partial charge in [0.1, 0.15) is 16.5 Å². The predicted molar refractivity (Wildman–Crippen MR) is 128 cm³/mol. The Bertz CT molecular complexity index is 1310. The number of amides is 1. The molecule has 0 radical (unpaired) electrons. The van der Waals surface area contributed by atoms with Crippen molar-refractivity contribution < 1.29 is 17.6 Å². The summed E-state index contributed by atoms with van der Waals surface area (Å²) in [6.07, 6.45) is 2.09. The van der Waals surface area contributed by atoms with E-state index in [9.17, 15) is 17.6 Å². The molecule has 0 saturated carbocycles. The van der Waals surface area contributed by atoms with Gasteiger partial charge in [0.15, 0.2) is 0 Å². The van der Waals surface area contributed by atoms with Crippen LogP contribution in [0.4, 0.5) is 16.0 Å². The van der Waals surface area contributed by atoms with Crippen LogP contribution in [0.25, 0.3) is 11.4 Å². The molecule has 3 rings (SSSR count). The van der Waals surface area contributed by atoms with Crippen molar-refractivity contribution in [3.63, 3.8) is 0 Å². The van der Waals surface area contributed by atoms with Crippen molar-refractivity contribution in [3.8, 4) is 11.4 Å². The molecule has 3 aromatic rings. The normalized spacial score (nSPS) is 11.8. The minimum Gasteiger partial charge on any atom is -0.383 e. The second-order valence-electron chi connectivity index (χ2n) is 8.56. The number of nitrogens with one attached hydrogen (secondary N) is 1. The van der Waals surface area contributed by atoms with Crippen molar-refractivity contribution in [2.45, 2.75) is 44.6 Å². The number of pyridine rings is 3. The molecule has 0 aliphatic carbocycles. The van der Waals surface area contributed by atoms with E-state index in [0.29, 0.717) is 12.2 Å². The van der Waals surface area contributed by atoms with E-state index in [4.69, 9.17) is 5.73 Å². The van der Waals surface area contributed by atoms with Gasteiger partial charge in [-0.15, -0.1) is 0 Å². The summed E-state index contributed by atoms with van der Waals surface area (Å²) in [5.41, 5.74) is 5.90. The van der Waals surface area contributed by atoms with Gasteiger partial charge in [0.25, 0.3) is 15.9 Å². The summed E-state index contributed by atoms with van der Waals surface area (Å²) in [4.78, 5) is 27.1. The molecule has 3 N–H and O–H groups in total. The first-order valence-electron chi connectivity index (χ1n) is 10.6. The summed E-state index contributed by atoms with van der Waals surface area (Å²) in [7, 11) is -4.29. The van der Waals surface area contributed by atoms with Crippen LogP contribution in [0.1, 0.15) is 44.5 Å². The molecular formula is C23H27FN6O3S. The second-order valence-corrected chi connectivity index (χ2v) is 10.2. The van der Waals surface area contributed by atoms with Crippen molar-refractivity contribution in [3.05, 3.63) is 60.2 Å². The second kappa shape index (κ2) is 9.72. The Balaban J connectivity index is 2.12. The Kier molecular flexibility index (Phi) is 7.15. The van der Waals surface area contributed by atoms with Crippen LogP contribution in [0.5, 0.6) is 0 Å². The van der Waals surface area contributed by atoms with Gasteiger partial charge in [0, 0.05) is 18.3 Å². The first-order valence-corrected chi connectivity index (χ1v) is 12.1. The van der Waals surface area contributed by atoms with Crippen LogP contribution in [-0.2, 0) is 10.0 Å². The lowest BCUT2D eigenvalue weighted by atomic mass is 10.0. The van der Waals surface area contributed by atoms with Crippen LogP contribution < -0.4 is 15.4 Å². The van der Waals surface area contributed by atoms with Gasteiger partial charge in [0.2, 0.25) is 5.95 Å². The number of nitrogens with zero attached hydrogens (tertiary/aromatic N) is 4. The van der Waals surface area contributed by atoms with Gasteiger partial charge < -0.3 is 10.6 Å². The number of anilines is 2. The highest BCUT2D eigenvalue weighted by atomic mass is 32.2. The van der Waals surface area contributed by atoms with Crippen LogP contribution in [0.15, 0.2) is 53.6 Å². The fourth-order valence-electron chi connectivity index (χ4n) is 3.37. The Labute approximate surface area is 198 Å². The number of nitrogen functional groups attached to an aromatic ring is 1. The van der Waals surface area contributed by atoms with E-state index in [2.05, 4.69) is 19.7 Å². The summed E-state index contributed by atoms with van der Waals surface area (Å²) in [5.74, 6) is -1.51. The van der Waals surface area contributed by atoms with Crippen LogP contribution >= 0.6 is 0 Å². The van der Waals surface area contributed by atoms with Crippen LogP contribution in [-0.4, -0.2) is 41.4 Å². The number of hydrogen-bond acceptors (Lipinski definition) is 8. The minimum absolute atomic E-state index is 0.0366. The number of rotatable bonds is 7. The summed E-state index contributed by atoms with van der Waals surface area (Å²) in [5, 5.41) is 0. The van der Waals surface area contributed by atoms with E-state index in [1.807, 2.05) is 32.6 Å². The fourth-order valence-corrected chi connectivity index (χ4v) is 4.42. The number of hydrogen-bond donors (Lipinski definition) is 2. The molecule has 11 heteroatoms. The van der Waals surface area contributed by atoms with Crippen molar-refractivity contribution in [1.82, 2.24) is 19.7 Å². The zero-order valence-electron chi connectivity index (χ0n) is 19.4. The number of carbonyl (C=O) groups is 1. The lowest BCUT2D eigenvalue weighted by Gasteiger charge is -2.37. The largest absolute Gasteiger partial charge is 0.383 e. The molecule has 0 fully saturated rings. The zero-order valence-corrected chi connectivity index (χ0v) is 20.2. The van der Waals surface area contributed by atoms with Gasteiger partial charge in [-0.2, -0.15) is 4.39 Å². The molecule has 0 bridgehead atoms. The third-order valence-corrected chi connectivity index (χ3v) is 6.30. The Morgan fingerprint density at radius 2 is 1.79 bits per heavy atom.